The third kappa shape index (κ3) is 3.78. The summed E-state index contributed by atoms with van der Waals surface area (Å²) in [7, 11) is 0. The zero-order valence-corrected chi connectivity index (χ0v) is 16.8. The molecule has 142 valence electrons. The fraction of sp³-hybridized carbons (Fsp3) is 0.227. The van der Waals surface area contributed by atoms with Gasteiger partial charge in [-0.2, -0.15) is 0 Å². The van der Waals surface area contributed by atoms with Crippen molar-refractivity contribution in [2.24, 2.45) is 0 Å². The monoisotopic (exact) mass is 438 g/mol. The number of hydrogen-bond donors (Lipinski definition) is 0. The third-order valence-corrected chi connectivity index (χ3v) is 5.36. The van der Waals surface area contributed by atoms with E-state index in [2.05, 4.69) is 20.9 Å². The number of hydrogen-bond acceptors (Lipinski definition) is 4. The van der Waals surface area contributed by atoms with E-state index < -0.39 is 0 Å². The van der Waals surface area contributed by atoms with E-state index in [4.69, 9.17) is 4.42 Å². The number of rotatable bonds is 7. The van der Waals surface area contributed by atoms with Gasteiger partial charge in [-0.1, -0.05) is 46.6 Å². The molecular weight excluding hydrogens is 420 g/mol. The summed E-state index contributed by atoms with van der Waals surface area (Å²) in [5, 5.41) is 0. The largest absolute Gasteiger partial charge is 0.441 e. The number of carbonyl (C=O) groups is 2. The van der Waals surface area contributed by atoms with E-state index in [1.165, 1.54) is 4.90 Å². The Labute approximate surface area is 171 Å². The number of amides is 2. The Morgan fingerprint density at radius 2 is 1.57 bits per heavy atom. The van der Waals surface area contributed by atoms with Gasteiger partial charge in [0.2, 0.25) is 0 Å². The van der Waals surface area contributed by atoms with E-state index in [1.807, 2.05) is 24.3 Å². The van der Waals surface area contributed by atoms with Crippen LogP contribution in [0.5, 0.6) is 0 Å². The fourth-order valence-corrected chi connectivity index (χ4v) is 3.60. The number of unbranched alkanes of at least 4 members (excludes halogenated alkanes) is 2. The Hall–Kier alpha value is -2.73. The number of aromatic nitrogens is 1. The predicted octanol–water partition coefficient (Wildman–Crippen LogP) is 5.11. The molecule has 6 heteroatoms. The van der Waals surface area contributed by atoms with Gasteiger partial charge >= 0.3 is 0 Å². The molecule has 0 saturated carbocycles. The second-order valence-corrected chi connectivity index (χ2v) is 7.66. The Bertz CT molecular complexity index is 976. The van der Waals surface area contributed by atoms with Crippen molar-refractivity contribution in [1.29, 1.82) is 0 Å². The van der Waals surface area contributed by atoms with Crippen molar-refractivity contribution in [1.82, 2.24) is 9.88 Å². The molecule has 5 nitrogen and oxygen atoms in total. The standard InChI is InChI=1S/C22H19BrN2O3/c23-16-11-9-15(10-12-16)19-14-24-20(28-19)8-2-1-5-13-25-21(26)17-6-3-4-7-18(17)22(25)27/h3-4,6-7,9-12,14H,1-2,5,8,13H2. The first-order valence-electron chi connectivity index (χ1n) is 9.29. The highest BCUT2D eigenvalue weighted by atomic mass is 79.9. The number of oxazole rings is 1. The van der Waals surface area contributed by atoms with Crippen LogP contribution in [0.4, 0.5) is 0 Å². The van der Waals surface area contributed by atoms with Gasteiger partial charge in [0.05, 0.1) is 17.3 Å². The van der Waals surface area contributed by atoms with Gasteiger partial charge in [-0.05, 0) is 37.1 Å². The molecule has 0 bridgehead atoms. The van der Waals surface area contributed by atoms with Crippen molar-refractivity contribution in [3.63, 3.8) is 0 Å². The molecule has 0 atom stereocenters. The first-order chi connectivity index (χ1) is 13.6. The number of halogens is 1. The number of aryl methyl sites for hydroxylation is 1. The number of imide groups is 1. The lowest BCUT2D eigenvalue weighted by molar-refractivity contribution is 0.0651. The summed E-state index contributed by atoms with van der Waals surface area (Å²) >= 11 is 3.42. The van der Waals surface area contributed by atoms with Crippen LogP contribution in [0.25, 0.3) is 11.3 Å². The molecule has 0 unspecified atom stereocenters. The minimum atomic E-state index is -0.188. The molecule has 0 radical (unpaired) electrons. The lowest BCUT2D eigenvalue weighted by atomic mass is 10.1. The molecule has 2 amide bonds. The van der Waals surface area contributed by atoms with Crippen molar-refractivity contribution in [2.45, 2.75) is 25.7 Å². The highest BCUT2D eigenvalue weighted by Crippen LogP contribution is 2.24. The molecule has 0 spiro atoms. The molecular formula is C22H19BrN2O3. The topological polar surface area (TPSA) is 63.4 Å². The van der Waals surface area contributed by atoms with Crippen molar-refractivity contribution < 1.29 is 14.0 Å². The van der Waals surface area contributed by atoms with Crippen molar-refractivity contribution in [3.05, 3.63) is 76.2 Å². The molecule has 2 aromatic carbocycles. The Morgan fingerprint density at radius 1 is 0.893 bits per heavy atom. The molecule has 1 aromatic heterocycles. The number of nitrogens with zero attached hydrogens (tertiary/aromatic N) is 2. The molecule has 2 heterocycles. The van der Waals surface area contributed by atoms with Crippen LogP contribution in [0.1, 0.15) is 45.9 Å². The van der Waals surface area contributed by atoms with Gasteiger partial charge in [0, 0.05) is 23.0 Å². The molecule has 1 aliphatic heterocycles. The van der Waals surface area contributed by atoms with Crippen LogP contribution in [0.2, 0.25) is 0 Å². The molecule has 28 heavy (non-hydrogen) atoms. The summed E-state index contributed by atoms with van der Waals surface area (Å²) in [6, 6.07) is 14.9. The van der Waals surface area contributed by atoms with E-state index in [-0.39, 0.29) is 11.8 Å². The second kappa shape index (κ2) is 8.10. The quantitative estimate of drug-likeness (QED) is 0.379. The van der Waals surface area contributed by atoms with Gasteiger partial charge in [0.25, 0.3) is 11.8 Å². The SMILES string of the molecule is O=C1c2ccccc2C(=O)N1CCCCCc1ncc(-c2ccc(Br)cc2)o1. The summed E-state index contributed by atoms with van der Waals surface area (Å²) in [6.07, 6.45) is 5.04. The Balaban J connectivity index is 1.24. The van der Waals surface area contributed by atoms with E-state index >= 15 is 0 Å². The molecule has 0 aliphatic carbocycles. The number of benzene rings is 2. The third-order valence-electron chi connectivity index (χ3n) is 4.83. The molecule has 1 aliphatic rings. The summed E-state index contributed by atoms with van der Waals surface area (Å²) in [5.74, 6) is 1.09. The van der Waals surface area contributed by atoms with E-state index in [0.717, 1.165) is 41.5 Å². The molecule has 4 rings (SSSR count). The van der Waals surface area contributed by atoms with Gasteiger partial charge in [-0.3, -0.25) is 14.5 Å². The zero-order chi connectivity index (χ0) is 19.5. The molecule has 0 N–H and O–H groups in total. The Morgan fingerprint density at radius 3 is 2.25 bits per heavy atom. The summed E-state index contributed by atoms with van der Waals surface area (Å²) in [6.45, 7) is 0.447. The fourth-order valence-electron chi connectivity index (χ4n) is 3.34. The summed E-state index contributed by atoms with van der Waals surface area (Å²) in [4.78, 5) is 30.3. The zero-order valence-electron chi connectivity index (χ0n) is 15.2. The van der Waals surface area contributed by atoms with Crippen LogP contribution >= 0.6 is 15.9 Å². The van der Waals surface area contributed by atoms with Crippen molar-refractivity contribution in [2.75, 3.05) is 6.54 Å². The van der Waals surface area contributed by atoms with Crippen molar-refractivity contribution in [3.8, 4) is 11.3 Å². The normalized spacial score (nSPS) is 13.2. The van der Waals surface area contributed by atoms with E-state index in [1.54, 1.807) is 30.5 Å². The van der Waals surface area contributed by atoms with Gasteiger partial charge in [0.1, 0.15) is 0 Å². The lowest BCUT2D eigenvalue weighted by Gasteiger charge is -2.13. The van der Waals surface area contributed by atoms with Crippen LogP contribution in [0.15, 0.2) is 63.6 Å². The minimum Gasteiger partial charge on any atom is -0.441 e. The average molecular weight is 439 g/mol. The molecule has 0 fully saturated rings. The second-order valence-electron chi connectivity index (χ2n) is 6.74. The van der Waals surface area contributed by atoms with Crippen LogP contribution in [0, 0.1) is 0 Å². The van der Waals surface area contributed by atoms with Gasteiger partial charge in [-0.15, -0.1) is 0 Å². The van der Waals surface area contributed by atoms with Crippen LogP contribution in [0.3, 0.4) is 0 Å². The highest BCUT2D eigenvalue weighted by molar-refractivity contribution is 9.10. The maximum atomic E-state index is 12.3. The minimum absolute atomic E-state index is 0.188. The average Bonchev–Trinajstić information content (AvgIpc) is 3.27. The van der Waals surface area contributed by atoms with Crippen molar-refractivity contribution >= 4 is 27.7 Å². The summed E-state index contributed by atoms with van der Waals surface area (Å²) in [5.41, 5.74) is 2.01. The predicted molar refractivity (Wildman–Crippen MR) is 109 cm³/mol. The van der Waals surface area contributed by atoms with Gasteiger partial charge in [-0.25, -0.2) is 4.98 Å². The summed E-state index contributed by atoms with van der Waals surface area (Å²) < 4.78 is 6.84. The number of carbonyl (C=O) groups excluding carboxylic acids is 2. The Kier molecular flexibility index (Phi) is 5.39. The van der Waals surface area contributed by atoms with Crippen LogP contribution < -0.4 is 0 Å². The molecule has 0 saturated heterocycles. The maximum Gasteiger partial charge on any atom is 0.261 e. The van der Waals surface area contributed by atoms with E-state index in [0.29, 0.717) is 23.6 Å². The molecule has 3 aromatic rings. The number of fused-ring (bicyclic) bond motifs is 1. The first kappa shape index (κ1) is 18.6. The smallest absolute Gasteiger partial charge is 0.261 e. The highest BCUT2D eigenvalue weighted by Gasteiger charge is 2.34. The van der Waals surface area contributed by atoms with Gasteiger partial charge in [0.15, 0.2) is 11.7 Å². The van der Waals surface area contributed by atoms with Crippen LogP contribution in [-0.4, -0.2) is 28.2 Å². The van der Waals surface area contributed by atoms with Crippen LogP contribution in [-0.2, 0) is 6.42 Å². The lowest BCUT2D eigenvalue weighted by Crippen LogP contribution is -2.30. The van der Waals surface area contributed by atoms with E-state index in [9.17, 15) is 9.59 Å². The van der Waals surface area contributed by atoms with Gasteiger partial charge < -0.3 is 4.42 Å². The first-order valence-corrected chi connectivity index (χ1v) is 10.1. The maximum absolute atomic E-state index is 12.3.